The van der Waals surface area contributed by atoms with E-state index in [4.69, 9.17) is 14.2 Å². The van der Waals surface area contributed by atoms with E-state index in [1.807, 2.05) is 6.92 Å². The lowest BCUT2D eigenvalue weighted by molar-refractivity contribution is 0.297. The highest BCUT2D eigenvalue weighted by atomic mass is 19.2. The zero-order valence-electron chi connectivity index (χ0n) is 19.5. The molecule has 0 N–H and O–H groups in total. The van der Waals surface area contributed by atoms with Crippen LogP contribution >= 0.6 is 0 Å². The first kappa shape index (κ1) is 24.2. The molecule has 0 fully saturated rings. The highest BCUT2D eigenvalue weighted by Crippen LogP contribution is 2.32. The molecule has 0 unspecified atom stereocenters. The van der Waals surface area contributed by atoms with Crippen LogP contribution in [0.15, 0.2) is 78.9 Å². The Labute approximate surface area is 202 Å². The van der Waals surface area contributed by atoms with Crippen LogP contribution < -0.4 is 14.2 Å². The smallest absolute Gasteiger partial charge is 0.168 e. The van der Waals surface area contributed by atoms with Crippen molar-refractivity contribution >= 4 is 0 Å². The van der Waals surface area contributed by atoms with Crippen molar-refractivity contribution in [3.8, 4) is 39.5 Å². The van der Waals surface area contributed by atoms with Gasteiger partial charge in [-0.05, 0) is 54.8 Å². The van der Waals surface area contributed by atoms with E-state index in [1.165, 1.54) is 12.1 Å². The predicted molar refractivity (Wildman–Crippen MR) is 130 cm³/mol. The lowest BCUT2D eigenvalue weighted by Gasteiger charge is -2.11. The molecule has 0 heterocycles. The normalized spacial score (nSPS) is 10.8. The van der Waals surface area contributed by atoms with Gasteiger partial charge in [-0.1, -0.05) is 48.5 Å². The van der Waals surface area contributed by atoms with Crippen LogP contribution in [-0.2, 0) is 6.61 Å². The Hall–Kier alpha value is -3.93. The van der Waals surface area contributed by atoms with Crippen LogP contribution in [0.4, 0.5) is 13.2 Å². The number of ether oxygens (including phenoxy) is 3. The number of benzene rings is 4. The van der Waals surface area contributed by atoms with E-state index in [0.717, 1.165) is 5.56 Å². The highest BCUT2D eigenvalue weighted by Gasteiger charge is 2.16. The Balaban J connectivity index is 1.47. The summed E-state index contributed by atoms with van der Waals surface area (Å²) in [7, 11) is 0. The molecule has 4 rings (SSSR count). The van der Waals surface area contributed by atoms with Crippen molar-refractivity contribution in [2.45, 2.75) is 20.5 Å². The topological polar surface area (TPSA) is 27.7 Å². The largest absolute Gasteiger partial charge is 0.494 e. The fraction of sp³-hybridized carbons (Fsp3) is 0.172. The quantitative estimate of drug-likeness (QED) is 0.246. The van der Waals surface area contributed by atoms with Gasteiger partial charge in [-0.3, -0.25) is 0 Å². The number of halogens is 3. The molecule has 0 saturated carbocycles. The SMILES string of the molecule is CCOc1ccc(-c2ccc(-c3ccc(COc4ccc(OCC)c(F)c4)cc3)c(F)c2F)cc1. The van der Waals surface area contributed by atoms with Crippen molar-refractivity contribution in [2.24, 2.45) is 0 Å². The van der Waals surface area contributed by atoms with Crippen molar-refractivity contribution in [3.63, 3.8) is 0 Å². The molecule has 0 spiro atoms. The van der Waals surface area contributed by atoms with Crippen LogP contribution in [0.2, 0.25) is 0 Å². The van der Waals surface area contributed by atoms with Gasteiger partial charge in [0.2, 0.25) is 0 Å². The minimum absolute atomic E-state index is 0.165. The van der Waals surface area contributed by atoms with Gasteiger partial charge in [0.1, 0.15) is 18.1 Å². The van der Waals surface area contributed by atoms with Crippen LogP contribution in [-0.4, -0.2) is 13.2 Å². The Morgan fingerprint density at radius 1 is 0.571 bits per heavy atom. The molecule has 0 saturated heterocycles. The molecule has 0 amide bonds. The molecule has 6 heteroatoms. The third kappa shape index (κ3) is 5.60. The first-order valence-electron chi connectivity index (χ1n) is 11.4. The summed E-state index contributed by atoms with van der Waals surface area (Å²) in [5.74, 6) is -1.10. The third-order valence-corrected chi connectivity index (χ3v) is 5.43. The van der Waals surface area contributed by atoms with Gasteiger partial charge >= 0.3 is 0 Å². The zero-order valence-corrected chi connectivity index (χ0v) is 19.5. The second-order valence-electron chi connectivity index (χ2n) is 7.76. The van der Waals surface area contributed by atoms with E-state index >= 15 is 0 Å². The molecule has 3 nitrogen and oxygen atoms in total. The summed E-state index contributed by atoms with van der Waals surface area (Å²) in [6.07, 6.45) is 0. The van der Waals surface area contributed by atoms with Gasteiger partial charge in [0, 0.05) is 17.2 Å². The highest BCUT2D eigenvalue weighted by molar-refractivity contribution is 5.72. The fourth-order valence-electron chi connectivity index (χ4n) is 3.68. The maximum Gasteiger partial charge on any atom is 0.168 e. The number of rotatable bonds is 9. The summed E-state index contributed by atoms with van der Waals surface area (Å²) in [6, 6.07) is 21.3. The minimum Gasteiger partial charge on any atom is -0.494 e. The summed E-state index contributed by atoms with van der Waals surface area (Å²) < 4.78 is 60.1. The summed E-state index contributed by atoms with van der Waals surface area (Å²) in [5, 5.41) is 0. The Bertz CT molecular complexity index is 1290. The van der Waals surface area contributed by atoms with E-state index in [2.05, 4.69) is 0 Å². The average Bonchev–Trinajstić information content (AvgIpc) is 2.87. The van der Waals surface area contributed by atoms with Crippen LogP contribution in [0.3, 0.4) is 0 Å². The maximum atomic E-state index is 15.0. The van der Waals surface area contributed by atoms with Gasteiger partial charge in [-0.2, -0.15) is 0 Å². The molecule has 0 atom stereocenters. The maximum absolute atomic E-state index is 15.0. The minimum atomic E-state index is -0.912. The van der Waals surface area contributed by atoms with E-state index < -0.39 is 17.5 Å². The summed E-state index contributed by atoms with van der Waals surface area (Å²) in [5.41, 5.74) is 2.25. The molecule has 0 bridgehead atoms. The van der Waals surface area contributed by atoms with Gasteiger partial charge in [0.25, 0.3) is 0 Å². The molecule has 35 heavy (non-hydrogen) atoms. The standard InChI is InChI=1S/C29H25F3O3/c1-3-33-22-11-9-21(10-12-22)25-15-14-24(28(31)29(25)32)20-7-5-19(6-8-20)18-35-23-13-16-27(34-4-2)26(30)17-23/h5-17H,3-4,18H2,1-2H3. The second-order valence-corrected chi connectivity index (χ2v) is 7.76. The third-order valence-electron chi connectivity index (χ3n) is 5.43. The molecule has 4 aromatic rings. The van der Waals surface area contributed by atoms with Gasteiger partial charge in [0.15, 0.2) is 23.2 Å². The van der Waals surface area contributed by atoms with Crippen LogP contribution in [0, 0.1) is 17.5 Å². The Morgan fingerprint density at radius 3 is 1.66 bits per heavy atom. The molecule has 4 aromatic carbocycles. The summed E-state index contributed by atoms with van der Waals surface area (Å²) >= 11 is 0. The van der Waals surface area contributed by atoms with Gasteiger partial charge in [-0.25, -0.2) is 13.2 Å². The molecule has 0 radical (unpaired) electrons. The monoisotopic (exact) mass is 478 g/mol. The summed E-state index contributed by atoms with van der Waals surface area (Å²) in [4.78, 5) is 0. The molecule has 0 aliphatic heterocycles. The fourth-order valence-corrected chi connectivity index (χ4v) is 3.68. The van der Waals surface area contributed by atoms with Crippen molar-refractivity contribution in [1.82, 2.24) is 0 Å². The molecule has 0 aromatic heterocycles. The van der Waals surface area contributed by atoms with Crippen LogP contribution in [0.5, 0.6) is 17.2 Å². The molecule has 0 aliphatic rings. The van der Waals surface area contributed by atoms with E-state index in [0.29, 0.717) is 35.8 Å². The van der Waals surface area contributed by atoms with Crippen molar-refractivity contribution in [3.05, 3.63) is 102 Å². The van der Waals surface area contributed by atoms with Crippen molar-refractivity contribution < 1.29 is 27.4 Å². The van der Waals surface area contributed by atoms with E-state index in [1.54, 1.807) is 73.7 Å². The van der Waals surface area contributed by atoms with E-state index in [-0.39, 0.29) is 23.5 Å². The lowest BCUT2D eigenvalue weighted by atomic mass is 9.98. The van der Waals surface area contributed by atoms with Gasteiger partial charge in [0.05, 0.1) is 13.2 Å². The Morgan fingerprint density at radius 2 is 1.11 bits per heavy atom. The average molecular weight is 479 g/mol. The lowest BCUT2D eigenvalue weighted by Crippen LogP contribution is -1.98. The van der Waals surface area contributed by atoms with Gasteiger partial charge in [-0.15, -0.1) is 0 Å². The van der Waals surface area contributed by atoms with Crippen LogP contribution in [0.25, 0.3) is 22.3 Å². The van der Waals surface area contributed by atoms with E-state index in [9.17, 15) is 13.2 Å². The first-order valence-corrected chi connectivity index (χ1v) is 11.4. The molecular weight excluding hydrogens is 453 g/mol. The van der Waals surface area contributed by atoms with Crippen LogP contribution in [0.1, 0.15) is 19.4 Å². The number of hydrogen-bond acceptors (Lipinski definition) is 3. The van der Waals surface area contributed by atoms with Crippen molar-refractivity contribution in [1.29, 1.82) is 0 Å². The first-order chi connectivity index (χ1) is 17.0. The Kier molecular flexibility index (Phi) is 7.60. The zero-order chi connectivity index (χ0) is 24.8. The second kappa shape index (κ2) is 11.0. The predicted octanol–water partition coefficient (Wildman–Crippen LogP) is 7.81. The van der Waals surface area contributed by atoms with Crippen molar-refractivity contribution in [2.75, 3.05) is 13.2 Å². The van der Waals surface area contributed by atoms with Gasteiger partial charge < -0.3 is 14.2 Å². The number of hydrogen-bond donors (Lipinski definition) is 0. The molecule has 0 aliphatic carbocycles. The molecule has 180 valence electrons. The summed E-state index contributed by atoms with van der Waals surface area (Å²) in [6.45, 7) is 4.76. The molecular formula is C29H25F3O3.